The van der Waals surface area contributed by atoms with Crippen LogP contribution in [0.3, 0.4) is 0 Å². The molecular formula is C12H15IN2O. The molecule has 2 rings (SSSR count). The molecule has 1 amide bonds. The summed E-state index contributed by atoms with van der Waals surface area (Å²) in [5.74, 6) is -0.336. The zero-order valence-electron chi connectivity index (χ0n) is 9.08. The number of nitrogens with zero attached hydrogens (tertiary/aromatic N) is 1. The molecule has 0 atom stereocenters. The first-order chi connectivity index (χ1) is 7.68. The largest absolute Gasteiger partial charge is 0.371 e. The van der Waals surface area contributed by atoms with Crippen LogP contribution in [0.2, 0.25) is 0 Å². The fraction of sp³-hybridized carbons (Fsp3) is 0.417. The van der Waals surface area contributed by atoms with E-state index in [1.807, 2.05) is 18.2 Å². The van der Waals surface area contributed by atoms with E-state index in [0.29, 0.717) is 5.56 Å². The summed E-state index contributed by atoms with van der Waals surface area (Å²) >= 11 is 2.26. The minimum atomic E-state index is -0.336. The van der Waals surface area contributed by atoms with Crippen LogP contribution >= 0.6 is 22.6 Å². The van der Waals surface area contributed by atoms with E-state index < -0.39 is 0 Å². The van der Waals surface area contributed by atoms with Gasteiger partial charge in [-0.2, -0.15) is 0 Å². The SMILES string of the molecule is NC(=O)c1ccc(I)cc1N1CCCCC1. The molecule has 1 fully saturated rings. The fourth-order valence-corrected chi connectivity index (χ4v) is 2.58. The van der Waals surface area contributed by atoms with E-state index in [4.69, 9.17) is 5.73 Å². The Bertz CT molecular complexity index is 400. The van der Waals surface area contributed by atoms with Gasteiger partial charge in [-0.25, -0.2) is 0 Å². The van der Waals surface area contributed by atoms with Crippen molar-refractivity contribution in [2.75, 3.05) is 18.0 Å². The van der Waals surface area contributed by atoms with Gasteiger partial charge < -0.3 is 10.6 Å². The van der Waals surface area contributed by atoms with E-state index >= 15 is 0 Å². The molecule has 1 aromatic rings. The van der Waals surface area contributed by atoms with Crippen molar-refractivity contribution in [1.82, 2.24) is 0 Å². The average molecular weight is 330 g/mol. The number of carbonyl (C=O) groups excluding carboxylic acids is 1. The first kappa shape index (κ1) is 11.7. The molecule has 16 heavy (non-hydrogen) atoms. The van der Waals surface area contributed by atoms with Crippen molar-refractivity contribution < 1.29 is 4.79 Å². The van der Waals surface area contributed by atoms with Crippen molar-refractivity contribution >= 4 is 34.2 Å². The Morgan fingerprint density at radius 2 is 1.94 bits per heavy atom. The number of halogens is 1. The van der Waals surface area contributed by atoms with Crippen molar-refractivity contribution in [2.45, 2.75) is 19.3 Å². The molecule has 0 radical (unpaired) electrons. The van der Waals surface area contributed by atoms with Gasteiger partial charge in [-0.1, -0.05) is 0 Å². The van der Waals surface area contributed by atoms with Crippen molar-refractivity contribution in [3.8, 4) is 0 Å². The predicted molar refractivity (Wildman–Crippen MR) is 73.7 cm³/mol. The van der Waals surface area contributed by atoms with Gasteiger partial charge >= 0.3 is 0 Å². The van der Waals surface area contributed by atoms with Gasteiger partial charge in [0.05, 0.1) is 11.3 Å². The molecule has 0 aliphatic carbocycles. The van der Waals surface area contributed by atoms with Crippen LogP contribution in [0.25, 0.3) is 0 Å². The van der Waals surface area contributed by atoms with Gasteiger partial charge in [0.2, 0.25) is 0 Å². The number of carbonyl (C=O) groups is 1. The van der Waals surface area contributed by atoms with Crippen LogP contribution in [0.5, 0.6) is 0 Å². The molecule has 2 N–H and O–H groups in total. The molecule has 1 heterocycles. The molecule has 0 aromatic heterocycles. The van der Waals surface area contributed by atoms with Crippen LogP contribution in [0.15, 0.2) is 18.2 Å². The highest BCUT2D eigenvalue weighted by molar-refractivity contribution is 14.1. The van der Waals surface area contributed by atoms with Gasteiger partial charge in [0, 0.05) is 16.7 Å². The second kappa shape index (κ2) is 5.03. The summed E-state index contributed by atoms with van der Waals surface area (Å²) in [5, 5.41) is 0. The lowest BCUT2D eigenvalue weighted by Crippen LogP contribution is -2.31. The molecule has 86 valence electrons. The summed E-state index contributed by atoms with van der Waals surface area (Å²) in [6.45, 7) is 2.06. The summed E-state index contributed by atoms with van der Waals surface area (Å²) in [6.07, 6.45) is 3.68. The number of primary amides is 1. The van der Waals surface area contributed by atoms with E-state index in [1.54, 1.807) is 0 Å². The smallest absolute Gasteiger partial charge is 0.250 e. The van der Waals surface area contributed by atoms with Crippen molar-refractivity contribution in [3.05, 3.63) is 27.3 Å². The molecule has 1 saturated heterocycles. The van der Waals surface area contributed by atoms with Gasteiger partial charge in [0.1, 0.15) is 0 Å². The average Bonchev–Trinajstić information content (AvgIpc) is 2.29. The van der Waals surface area contributed by atoms with Gasteiger partial charge in [-0.3, -0.25) is 4.79 Å². The standard InChI is InChI=1S/C12H15IN2O/c13-9-4-5-10(12(14)16)11(8-9)15-6-2-1-3-7-15/h4-5,8H,1-3,6-7H2,(H2,14,16). The Hall–Kier alpha value is -0.780. The highest BCUT2D eigenvalue weighted by atomic mass is 127. The monoisotopic (exact) mass is 330 g/mol. The van der Waals surface area contributed by atoms with Crippen LogP contribution in [0.1, 0.15) is 29.6 Å². The van der Waals surface area contributed by atoms with Crippen molar-refractivity contribution in [2.24, 2.45) is 5.73 Å². The van der Waals surface area contributed by atoms with E-state index in [-0.39, 0.29) is 5.91 Å². The van der Waals surface area contributed by atoms with E-state index in [1.165, 1.54) is 19.3 Å². The molecule has 0 saturated carbocycles. The lowest BCUT2D eigenvalue weighted by Gasteiger charge is -2.30. The van der Waals surface area contributed by atoms with Gasteiger partial charge in [0.15, 0.2) is 0 Å². The minimum absolute atomic E-state index is 0.336. The summed E-state index contributed by atoms with van der Waals surface area (Å²) in [6, 6.07) is 5.80. The number of hydrogen-bond donors (Lipinski definition) is 1. The molecule has 3 nitrogen and oxygen atoms in total. The molecule has 0 spiro atoms. The van der Waals surface area contributed by atoms with Crippen molar-refractivity contribution in [3.63, 3.8) is 0 Å². The first-order valence-corrected chi connectivity index (χ1v) is 6.60. The maximum atomic E-state index is 11.4. The predicted octanol–water partition coefficient (Wildman–Crippen LogP) is 2.38. The lowest BCUT2D eigenvalue weighted by molar-refractivity contribution is 0.100. The van der Waals surface area contributed by atoms with E-state index in [2.05, 4.69) is 27.5 Å². The third kappa shape index (κ3) is 2.48. The minimum Gasteiger partial charge on any atom is -0.371 e. The van der Waals surface area contributed by atoms with Crippen LogP contribution in [-0.2, 0) is 0 Å². The van der Waals surface area contributed by atoms with Gasteiger partial charge in [-0.05, 0) is 60.1 Å². The maximum absolute atomic E-state index is 11.4. The maximum Gasteiger partial charge on any atom is 0.250 e. The molecule has 4 heteroatoms. The third-order valence-corrected chi connectivity index (χ3v) is 3.59. The molecule has 1 aliphatic rings. The number of nitrogens with two attached hydrogens (primary N) is 1. The fourth-order valence-electron chi connectivity index (χ4n) is 2.11. The topological polar surface area (TPSA) is 46.3 Å². The Kier molecular flexibility index (Phi) is 3.68. The lowest BCUT2D eigenvalue weighted by atomic mass is 10.1. The molecule has 0 bridgehead atoms. The second-order valence-electron chi connectivity index (χ2n) is 4.07. The Morgan fingerprint density at radius 1 is 1.25 bits per heavy atom. The van der Waals surface area contributed by atoms with E-state index in [0.717, 1.165) is 22.3 Å². The van der Waals surface area contributed by atoms with Crippen LogP contribution in [0.4, 0.5) is 5.69 Å². The molecule has 1 aliphatic heterocycles. The summed E-state index contributed by atoms with van der Waals surface area (Å²) in [5.41, 5.74) is 7.04. The van der Waals surface area contributed by atoms with Crippen molar-refractivity contribution in [1.29, 1.82) is 0 Å². The summed E-state index contributed by atoms with van der Waals surface area (Å²) < 4.78 is 1.14. The summed E-state index contributed by atoms with van der Waals surface area (Å²) in [7, 11) is 0. The Morgan fingerprint density at radius 3 is 2.56 bits per heavy atom. The molecule has 1 aromatic carbocycles. The van der Waals surface area contributed by atoms with E-state index in [9.17, 15) is 4.79 Å². The summed E-state index contributed by atoms with van der Waals surface area (Å²) in [4.78, 5) is 13.6. The first-order valence-electron chi connectivity index (χ1n) is 5.53. The quantitative estimate of drug-likeness (QED) is 0.847. The number of piperidine rings is 1. The molecule has 0 unspecified atom stereocenters. The Labute approximate surface area is 109 Å². The number of anilines is 1. The Balaban J connectivity index is 2.36. The van der Waals surface area contributed by atoms with Crippen LogP contribution in [0, 0.1) is 3.57 Å². The van der Waals surface area contributed by atoms with Crippen LogP contribution in [-0.4, -0.2) is 19.0 Å². The molecular weight excluding hydrogens is 315 g/mol. The highest BCUT2D eigenvalue weighted by Crippen LogP contribution is 2.26. The zero-order valence-corrected chi connectivity index (χ0v) is 11.2. The number of amides is 1. The number of benzene rings is 1. The van der Waals surface area contributed by atoms with Crippen LogP contribution < -0.4 is 10.6 Å². The van der Waals surface area contributed by atoms with Gasteiger partial charge in [0.25, 0.3) is 5.91 Å². The highest BCUT2D eigenvalue weighted by Gasteiger charge is 2.17. The number of rotatable bonds is 2. The number of hydrogen-bond acceptors (Lipinski definition) is 2. The zero-order chi connectivity index (χ0) is 11.5. The third-order valence-electron chi connectivity index (χ3n) is 2.92. The normalized spacial score (nSPS) is 16.2. The second-order valence-corrected chi connectivity index (χ2v) is 5.32. The van der Waals surface area contributed by atoms with Gasteiger partial charge in [-0.15, -0.1) is 0 Å².